The van der Waals surface area contributed by atoms with Crippen LogP contribution in [0.4, 0.5) is 5.69 Å². The second kappa shape index (κ2) is 10.3. The minimum Gasteiger partial charge on any atom is -0.497 e. The van der Waals surface area contributed by atoms with Crippen LogP contribution in [0.3, 0.4) is 0 Å². The van der Waals surface area contributed by atoms with E-state index in [0.717, 1.165) is 29.8 Å². The Kier molecular flexibility index (Phi) is 6.80. The largest absolute Gasteiger partial charge is 0.497 e. The van der Waals surface area contributed by atoms with Gasteiger partial charge in [-0.3, -0.25) is 4.79 Å². The smallest absolute Gasteiger partial charge is 0.335 e. The number of carbonyl (C=O) groups excluding carboxylic acids is 1. The number of hydrogen-bond donors (Lipinski definition) is 1. The number of hydrogen-bond acceptors (Lipinski definition) is 6. The summed E-state index contributed by atoms with van der Waals surface area (Å²) < 4.78 is 11.0. The first-order valence-electron chi connectivity index (χ1n) is 14.3. The fraction of sp³-hybridized carbons (Fsp3) is 0.469. The van der Waals surface area contributed by atoms with Crippen LogP contribution in [0, 0.1) is 11.8 Å². The third-order valence-electron chi connectivity index (χ3n) is 9.50. The highest BCUT2D eigenvalue weighted by Gasteiger charge is 2.55. The van der Waals surface area contributed by atoms with E-state index in [-0.39, 0.29) is 29.9 Å². The summed E-state index contributed by atoms with van der Waals surface area (Å²) in [6.07, 6.45) is 9.65. The van der Waals surface area contributed by atoms with Gasteiger partial charge in [0, 0.05) is 25.2 Å². The van der Waals surface area contributed by atoms with Crippen molar-refractivity contribution in [1.29, 1.82) is 0 Å². The predicted octanol–water partition coefficient (Wildman–Crippen LogP) is 5.61. The van der Waals surface area contributed by atoms with E-state index in [9.17, 15) is 14.7 Å². The van der Waals surface area contributed by atoms with Crippen molar-refractivity contribution in [2.45, 2.75) is 63.5 Å². The van der Waals surface area contributed by atoms with Crippen molar-refractivity contribution in [1.82, 2.24) is 9.88 Å². The number of benzene rings is 2. The lowest BCUT2D eigenvalue weighted by molar-refractivity contribution is -0.134. The van der Waals surface area contributed by atoms with Crippen LogP contribution >= 0.6 is 0 Å². The molecule has 8 nitrogen and oxygen atoms in total. The number of carbonyl (C=O) groups is 2. The maximum atomic E-state index is 14.0. The van der Waals surface area contributed by atoms with Gasteiger partial charge in [-0.25, -0.2) is 9.78 Å². The minimum absolute atomic E-state index is 0.00766. The number of rotatable bonds is 6. The van der Waals surface area contributed by atoms with Gasteiger partial charge >= 0.3 is 5.97 Å². The van der Waals surface area contributed by atoms with E-state index in [1.165, 1.54) is 36.7 Å². The Hall–Kier alpha value is -3.81. The van der Waals surface area contributed by atoms with E-state index in [0.29, 0.717) is 24.8 Å². The molecular weight excluding hydrogens is 506 g/mol. The van der Waals surface area contributed by atoms with Crippen LogP contribution in [0.2, 0.25) is 0 Å². The highest BCUT2D eigenvalue weighted by molar-refractivity contribution is 5.90. The van der Waals surface area contributed by atoms with Crippen LogP contribution in [-0.2, 0) is 23.3 Å². The third-order valence-corrected chi connectivity index (χ3v) is 9.50. The van der Waals surface area contributed by atoms with Crippen molar-refractivity contribution in [3.8, 4) is 5.75 Å². The van der Waals surface area contributed by atoms with Gasteiger partial charge in [0.15, 0.2) is 0 Å². The lowest BCUT2D eigenvalue weighted by Gasteiger charge is -2.45. The lowest BCUT2D eigenvalue weighted by Crippen LogP contribution is -2.48. The molecule has 210 valence electrons. The molecule has 0 spiro atoms. The minimum atomic E-state index is -0.941. The zero-order chi connectivity index (χ0) is 28.0. The van der Waals surface area contributed by atoms with Gasteiger partial charge in [-0.05, 0) is 73.1 Å². The second-order valence-corrected chi connectivity index (χ2v) is 11.8. The number of amides is 1. The summed E-state index contributed by atoms with van der Waals surface area (Å²) in [6, 6.07) is 11.9. The van der Waals surface area contributed by atoms with Gasteiger partial charge in [-0.2, -0.15) is 0 Å². The average molecular weight is 544 g/mol. The Labute approximate surface area is 234 Å². The molecule has 0 saturated heterocycles. The van der Waals surface area contributed by atoms with Crippen LogP contribution in [0.1, 0.15) is 77.9 Å². The molecule has 1 N–H and O–H groups in total. The maximum Gasteiger partial charge on any atom is 0.335 e. The maximum absolute atomic E-state index is 14.0. The van der Waals surface area contributed by atoms with Crippen LogP contribution in [-0.4, -0.2) is 47.6 Å². The van der Waals surface area contributed by atoms with Gasteiger partial charge in [0.05, 0.1) is 36.9 Å². The molecule has 40 heavy (non-hydrogen) atoms. The van der Waals surface area contributed by atoms with Crippen LogP contribution in [0.25, 0.3) is 0 Å². The van der Waals surface area contributed by atoms with E-state index in [4.69, 9.17) is 9.15 Å². The van der Waals surface area contributed by atoms with Crippen LogP contribution in [0.15, 0.2) is 53.3 Å². The third kappa shape index (κ3) is 4.34. The summed E-state index contributed by atoms with van der Waals surface area (Å²) in [5, 5.41) is 9.89. The normalized spacial score (nSPS) is 24.0. The number of methoxy groups -OCH3 is 1. The first-order chi connectivity index (χ1) is 19.3. The zero-order valence-corrected chi connectivity index (χ0v) is 23.4. The molecule has 1 fully saturated rings. The molecule has 0 bridgehead atoms. The van der Waals surface area contributed by atoms with Crippen molar-refractivity contribution in [3.63, 3.8) is 0 Å². The molecule has 3 atom stereocenters. The number of anilines is 1. The number of ether oxygens (including phenoxy) is 1. The second-order valence-electron chi connectivity index (χ2n) is 11.8. The molecule has 1 aliphatic carbocycles. The summed E-state index contributed by atoms with van der Waals surface area (Å²) in [5.41, 5.74) is 4.28. The van der Waals surface area contributed by atoms with Gasteiger partial charge in [0.1, 0.15) is 12.0 Å². The van der Waals surface area contributed by atoms with E-state index in [1.807, 2.05) is 18.2 Å². The number of aromatic nitrogens is 1. The van der Waals surface area contributed by atoms with E-state index >= 15 is 0 Å². The van der Waals surface area contributed by atoms with Crippen LogP contribution < -0.4 is 9.64 Å². The average Bonchev–Trinajstić information content (AvgIpc) is 3.53. The number of carboxylic acid groups (broad SMARTS) is 1. The Balaban J connectivity index is 1.49. The van der Waals surface area contributed by atoms with Crippen molar-refractivity contribution in [2.75, 3.05) is 25.6 Å². The molecule has 3 heterocycles. The first-order valence-corrected chi connectivity index (χ1v) is 14.3. The zero-order valence-electron chi connectivity index (χ0n) is 23.4. The molecule has 3 unspecified atom stereocenters. The van der Waals surface area contributed by atoms with Crippen molar-refractivity contribution < 1.29 is 23.8 Å². The molecule has 3 aliphatic rings. The Morgan fingerprint density at radius 2 is 1.98 bits per heavy atom. The number of oxazole rings is 1. The molecule has 0 radical (unpaired) electrons. The SMILES string of the molecule is COc1ccc2c(c1)CC(C(=O)N(C)Cc1ncco1)CN1c3cc(C(=O)O)ccc3C(C3CCCCC3)C21C. The lowest BCUT2D eigenvalue weighted by atomic mass is 9.66. The highest BCUT2D eigenvalue weighted by atomic mass is 16.5. The summed E-state index contributed by atoms with van der Waals surface area (Å²) in [7, 11) is 3.46. The van der Waals surface area contributed by atoms with Crippen molar-refractivity contribution in [2.24, 2.45) is 11.8 Å². The molecule has 8 heteroatoms. The van der Waals surface area contributed by atoms with Gasteiger partial charge < -0.3 is 24.1 Å². The van der Waals surface area contributed by atoms with E-state index in [2.05, 4.69) is 28.9 Å². The fourth-order valence-electron chi connectivity index (χ4n) is 7.67. The Morgan fingerprint density at radius 3 is 2.67 bits per heavy atom. The van der Waals surface area contributed by atoms with Crippen molar-refractivity contribution in [3.05, 3.63) is 77.0 Å². The van der Waals surface area contributed by atoms with Crippen molar-refractivity contribution >= 4 is 17.6 Å². The number of carboxylic acids is 1. The number of aromatic carboxylic acids is 1. The van der Waals surface area contributed by atoms with Gasteiger partial charge in [-0.1, -0.05) is 31.4 Å². The molecule has 1 amide bonds. The number of nitrogens with zero attached hydrogens (tertiary/aromatic N) is 3. The van der Waals surface area contributed by atoms with Gasteiger partial charge in [-0.15, -0.1) is 0 Å². The van der Waals surface area contributed by atoms with Gasteiger partial charge in [0.2, 0.25) is 11.8 Å². The monoisotopic (exact) mass is 543 g/mol. The summed E-state index contributed by atoms with van der Waals surface area (Å²) in [4.78, 5) is 34.3. The van der Waals surface area contributed by atoms with Crippen LogP contribution in [0.5, 0.6) is 5.75 Å². The summed E-state index contributed by atoms with van der Waals surface area (Å²) in [6.45, 7) is 3.08. The molecule has 1 aromatic heterocycles. The summed E-state index contributed by atoms with van der Waals surface area (Å²) >= 11 is 0. The molecular formula is C32H37N3O5. The van der Waals surface area contributed by atoms with Gasteiger partial charge in [0.25, 0.3) is 0 Å². The topological polar surface area (TPSA) is 96.1 Å². The molecule has 2 aromatic carbocycles. The molecule has 1 saturated carbocycles. The Morgan fingerprint density at radius 1 is 1.18 bits per heavy atom. The summed E-state index contributed by atoms with van der Waals surface area (Å²) in [5.74, 6) is 0.653. The first kappa shape index (κ1) is 26.4. The molecule has 3 aromatic rings. The van der Waals surface area contributed by atoms with E-state index in [1.54, 1.807) is 31.3 Å². The van der Waals surface area contributed by atoms with E-state index < -0.39 is 11.5 Å². The Bertz CT molecular complexity index is 1410. The predicted molar refractivity (Wildman–Crippen MR) is 151 cm³/mol. The standard InChI is InChI=1S/C32H37N3O5/c1-32-26-12-10-24(39-3)16-22(26)15-23(30(36)34(2)19-28-33-13-14-40-28)18-35(32)27-17-21(31(37)38)9-11-25(27)29(32)20-7-5-4-6-8-20/h9-14,16-17,20,23,29H,4-8,15,18-19H2,1-3H3,(H,37,38). The fourth-order valence-corrected chi connectivity index (χ4v) is 7.67. The molecule has 2 aliphatic heterocycles. The molecule has 6 rings (SSSR count). The quantitative estimate of drug-likeness (QED) is 0.432. The highest BCUT2D eigenvalue weighted by Crippen LogP contribution is 2.60. The number of fused-ring (bicyclic) bond motifs is 5.